The number of amides is 2. The fourth-order valence-electron chi connectivity index (χ4n) is 6.15. The van der Waals surface area contributed by atoms with Gasteiger partial charge in [-0.05, 0) is 43.9 Å². The van der Waals surface area contributed by atoms with Gasteiger partial charge in [0.25, 0.3) is 0 Å². The number of hydrogen-bond acceptors (Lipinski definition) is 7. The molecular weight excluding hydrogens is 464 g/mol. The van der Waals surface area contributed by atoms with Crippen LogP contribution in [-0.4, -0.2) is 77.8 Å². The first-order valence-corrected chi connectivity index (χ1v) is 12.9. The summed E-state index contributed by atoms with van der Waals surface area (Å²) < 4.78 is 11.7. The summed E-state index contributed by atoms with van der Waals surface area (Å²) in [6, 6.07) is 2.51. The van der Waals surface area contributed by atoms with E-state index in [9.17, 15) is 24.6 Å². The van der Waals surface area contributed by atoms with Gasteiger partial charge < -0.3 is 29.9 Å². The van der Waals surface area contributed by atoms with Gasteiger partial charge in [0.1, 0.15) is 18.5 Å². The standard InChI is InChI=1S/C27H34N2O7/c1-35-21-12-15(14-31)11-18-22-19(26(33)28-9-10-30)13-20(23(32)25(22)36-24(18)21)29(17-7-2-3-8-17)27(34)16-5-4-6-16/h11-14,16-17,20,22-23,25,30,32H,2-10H2,1H3,(H,28,33). The topological polar surface area (TPSA) is 125 Å². The van der Waals surface area contributed by atoms with E-state index >= 15 is 0 Å². The number of aldehydes is 1. The average molecular weight is 499 g/mol. The third-order valence-corrected chi connectivity index (χ3v) is 8.16. The number of carbonyl (C=O) groups excluding carboxylic acids is 3. The van der Waals surface area contributed by atoms with Gasteiger partial charge in [0.05, 0.1) is 25.7 Å². The number of rotatable bonds is 8. The van der Waals surface area contributed by atoms with Crippen molar-refractivity contribution in [2.45, 2.75) is 75.2 Å². The van der Waals surface area contributed by atoms with Crippen molar-refractivity contribution in [3.05, 3.63) is 34.9 Å². The molecule has 1 aromatic rings. The largest absolute Gasteiger partial charge is 0.493 e. The molecule has 3 aliphatic carbocycles. The molecule has 2 amide bonds. The van der Waals surface area contributed by atoms with E-state index in [1.807, 2.05) is 4.90 Å². The van der Waals surface area contributed by atoms with E-state index < -0.39 is 30.1 Å². The van der Waals surface area contributed by atoms with Crippen molar-refractivity contribution in [2.24, 2.45) is 5.92 Å². The van der Waals surface area contributed by atoms with Gasteiger partial charge >= 0.3 is 0 Å². The smallest absolute Gasteiger partial charge is 0.247 e. The number of methoxy groups -OCH3 is 1. The Kier molecular flexibility index (Phi) is 7.03. The number of ether oxygens (including phenoxy) is 2. The number of carbonyl (C=O) groups is 3. The van der Waals surface area contributed by atoms with Crippen molar-refractivity contribution in [1.82, 2.24) is 10.2 Å². The van der Waals surface area contributed by atoms with Crippen molar-refractivity contribution >= 4 is 18.1 Å². The fourth-order valence-corrected chi connectivity index (χ4v) is 6.15. The zero-order valence-electron chi connectivity index (χ0n) is 20.5. The van der Waals surface area contributed by atoms with Gasteiger partial charge in [0.15, 0.2) is 11.5 Å². The van der Waals surface area contributed by atoms with Gasteiger partial charge in [-0.1, -0.05) is 19.3 Å². The number of aliphatic hydroxyl groups excluding tert-OH is 2. The summed E-state index contributed by atoms with van der Waals surface area (Å²) in [5.74, 6) is -0.323. The molecule has 0 aromatic heterocycles. The van der Waals surface area contributed by atoms with Crippen molar-refractivity contribution in [3.63, 3.8) is 0 Å². The number of hydrogen-bond donors (Lipinski definition) is 3. The molecule has 9 heteroatoms. The highest BCUT2D eigenvalue weighted by atomic mass is 16.5. The minimum atomic E-state index is -1.08. The second-order valence-corrected chi connectivity index (χ2v) is 10.2. The molecule has 0 spiro atoms. The van der Waals surface area contributed by atoms with E-state index in [1.165, 1.54) is 7.11 Å². The molecule has 5 rings (SSSR count). The van der Waals surface area contributed by atoms with E-state index in [0.717, 1.165) is 44.9 Å². The Morgan fingerprint density at radius 2 is 1.94 bits per heavy atom. The molecule has 1 heterocycles. The van der Waals surface area contributed by atoms with Gasteiger partial charge in [-0.2, -0.15) is 0 Å². The Hall–Kier alpha value is -2.91. The normalized spacial score (nSPS) is 27.2. The number of fused-ring (bicyclic) bond motifs is 3. The van der Waals surface area contributed by atoms with Crippen molar-refractivity contribution in [3.8, 4) is 11.5 Å². The molecule has 2 saturated carbocycles. The lowest BCUT2D eigenvalue weighted by Gasteiger charge is -2.45. The molecule has 0 radical (unpaired) electrons. The van der Waals surface area contributed by atoms with Crippen LogP contribution in [0.4, 0.5) is 0 Å². The third kappa shape index (κ3) is 4.18. The molecule has 1 aliphatic heterocycles. The molecular formula is C27H34N2O7. The monoisotopic (exact) mass is 498 g/mol. The number of aliphatic hydroxyl groups is 2. The lowest BCUT2D eigenvalue weighted by molar-refractivity contribution is -0.147. The number of benzene rings is 1. The maximum atomic E-state index is 13.7. The van der Waals surface area contributed by atoms with Crippen molar-refractivity contribution < 1.29 is 34.1 Å². The first-order chi connectivity index (χ1) is 17.5. The van der Waals surface area contributed by atoms with Crippen LogP contribution in [0.3, 0.4) is 0 Å². The van der Waals surface area contributed by atoms with Crippen LogP contribution < -0.4 is 14.8 Å². The molecule has 0 saturated heterocycles. The SMILES string of the molecule is COc1cc(C=O)cc2c1OC1C2C(C(=O)NCCO)=CC(N(C(=O)C2CCC2)C2CCCC2)C1O. The molecule has 2 fully saturated rings. The van der Waals surface area contributed by atoms with Crippen LogP contribution in [0.25, 0.3) is 0 Å². The minimum absolute atomic E-state index is 0.00674. The van der Waals surface area contributed by atoms with Crippen LogP contribution in [0.15, 0.2) is 23.8 Å². The molecule has 1 aromatic carbocycles. The summed E-state index contributed by atoms with van der Waals surface area (Å²) in [4.78, 5) is 40.4. The zero-order valence-corrected chi connectivity index (χ0v) is 20.5. The lowest BCUT2D eigenvalue weighted by Crippen LogP contribution is -2.59. The number of nitrogens with zero attached hydrogens (tertiary/aromatic N) is 1. The molecule has 4 aliphatic rings. The van der Waals surface area contributed by atoms with Gasteiger partial charge in [-0.25, -0.2) is 0 Å². The highest BCUT2D eigenvalue weighted by molar-refractivity contribution is 5.96. The summed E-state index contributed by atoms with van der Waals surface area (Å²) in [6.45, 7) is -0.150. The molecule has 0 bridgehead atoms. The summed E-state index contributed by atoms with van der Waals surface area (Å²) in [7, 11) is 1.47. The van der Waals surface area contributed by atoms with Crippen molar-refractivity contribution in [2.75, 3.05) is 20.3 Å². The van der Waals surface area contributed by atoms with Gasteiger partial charge in [0, 0.05) is 35.2 Å². The van der Waals surface area contributed by atoms with Crippen LogP contribution in [0.2, 0.25) is 0 Å². The van der Waals surface area contributed by atoms with Gasteiger partial charge in [0.2, 0.25) is 11.8 Å². The Labute approximate surface area is 210 Å². The van der Waals surface area contributed by atoms with Gasteiger partial charge in [-0.3, -0.25) is 14.4 Å². The van der Waals surface area contributed by atoms with Crippen LogP contribution in [0.5, 0.6) is 11.5 Å². The molecule has 4 unspecified atom stereocenters. The Balaban J connectivity index is 1.59. The quantitative estimate of drug-likeness (QED) is 0.466. The van der Waals surface area contributed by atoms with E-state index in [2.05, 4.69) is 5.32 Å². The summed E-state index contributed by atoms with van der Waals surface area (Å²) in [5.41, 5.74) is 1.31. The van der Waals surface area contributed by atoms with Crippen LogP contribution >= 0.6 is 0 Å². The summed E-state index contributed by atoms with van der Waals surface area (Å²) >= 11 is 0. The van der Waals surface area contributed by atoms with Gasteiger partial charge in [-0.15, -0.1) is 0 Å². The molecule has 194 valence electrons. The Morgan fingerprint density at radius 1 is 1.19 bits per heavy atom. The zero-order chi connectivity index (χ0) is 25.4. The Bertz CT molecular complexity index is 1060. The van der Waals surface area contributed by atoms with E-state index in [4.69, 9.17) is 9.47 Å². The van der Waals surface area contributed by atoms with Crippen LogP contribution in [-0.2, 0) is 9.59 Å². The lowest BCUT2D eigenvalue weighted by atomic mass is 9.76. The van der Waals surface area contributed by atoms with E-state index in [1.54, 1.807) is 18.2 Å². The van der Waals surface area contributed by atoms with E-state index in [0.29, 0.717) is 34.5 Å². The molecule has 9 nitrogen and oxygen atoms in total. The summed E-state index contributed by atoms with van der Waals surface area (Å²) in [6.07, 6.45) is 7.00. The first-order valence-electron chi connectivity index (χ1n) is 12.9. The maximum Gasteiger partial charge on any atom is 0.247 e. The fraction of sp³-hybridized carbons (Fsp3) is 0.593. The summed E-state index contributed by atoms with van der Waals surface area (Å²) in [5, 5.41) is 23.7. The molecule has 3 N–H and O–H groups in total. The molecule has 4 atom stereocenters. The van der Waals surface area contributed by atoms with E-state index in [-0.39, 0.29) is 31.0 Å². The van der Waals surface area contributed by atoms with Crippen LogP contribution in [0.1, 0.15) is 66.8 Å². The first kappa shape index (κ1) is 24.8. The minimum Gasteiger partial charge on any atom is -0.493 e. The maximum absolute atomic E-state index is 13.7. The highest BCUT2D eigenvalue weighted by Crippen LogP contribution is 2.52. The Morgan fingerprint density at radius 3 is 2.56 bits per heavy atom. The number of nitrogens with one attached hydrogen (secondary N) is 1. The average Bonchev–Trinajstić information content (AvgIpc) is 3.51. The predicted molar refractivity (Wildman–Crippen MR) is 130 cm³/mol. The second kappa shape index (κ2) is 10.2. The third-order valence-electron chi connectivity index (χ3n) is 8.16. The predicted octanol–water partition coefficient (Wildman–Crippen LogP) is 1.70. The van der Waals surface area contributed by atoms with Crippen molar-refractivity contribution in [1.29, 1.82) is 0 Å². The van der Waals surface area contributed by atoms with Crippen LogP contribution in [0, 0.1) is 5.92 Å². The molecule has 36 heavy (non-hydrogen) atoms. The highest BCUT2D eigenvalue weighted by Gasteiger charge is 2.53. The second-order valence-electron chi connectivity index (χ2n) is 10.2.